The monoisotopic (exact) mass is 297 g/mol. The third kappa shape index (κ3) is 3.11. The van der Waals surface area contributed by atoms with Crippen molar-refractivity contribution in [2.75, 3.05) is 0 Å². The minimum absolute atomic E-state index is 0.0617. The van der Waals surface area contributed by atoms with E-state index in [4.69, 9.17) is 16.7 Å². The predicted octanol–water partition coefficient (Wildman–Crippen LogP) is 1.27. The van der Waals surface area contributed by atoms with Gasteiger partial charge in [-0.25, -0.2) is 4.79 Å². The first-order valence-corrected chi connectivity index (χ1v) is 5.07. The highest BCUT2D eigenvalue weighted by atomic mass is 35.5. The Kier molecular flexibility index (Phi) is 3.99. The average molecular weight is 298 g/mol. The minimum Gasteiger partial charge on any atom is -0.479 e. The smallest absolute Gasteiger partial charge is 0.422 e. The largest absolute Gasteiger partial charge is 0.479 e. The van der Waals surface area contributed by atoms with Crippen molar-refractivity contribution in [3.63, 3.8) is 0 Å². The van der Waals surface area contributed by atoms with Crippen LogP contribution < -0.4 is 5.32 Å². The second-order valence-electron chi connectivity index (χ2n) is 3.62. The van der Waals surface area contributed by atoms with Crippen molar-refractivity contribution in [3.8, 4) is 0 Å². The Morgan fingerprint density at radius 2 is 1.89 bits per heavy atom. The molecule has 0 saturated carbocycles. The molecule has 2 N–H and O–H groups in total. The van der Waals surface area contributed by atoms with Crippen LogP contribution in [0.2, 0.25) is 5.15 Å². The van der Waals surface area contributed by atoms with Gasteiger partial charge in [0.05, 0.1) is 0 Å². The lowest BCUT2D eigenvalue weighted by atomic mass is 10.0. The van der Waals surface area contributed by atoms with Crippen molar-refractivity contribution >= 4 is 23.5 Å². The Morgan fingerprint density at radius 1 is 1.32 bits per heavy atom. The van der Waals surface area contributed by atoms with E-state index in [1.54, 1.807) is 0 Å². The Balaban J connectivity index is 3.02. The van der Waals surface area contributed by atoms with Gasteiger partial charge in [-0.05, 0) is 19.1 Å². The maximum absolute atomic E-state index is 12.6. The molecule has 1 rings (SSSR count). The van der Waals surface area contributed by atoms with E-state index in [0.717, 1.165) is 12.1 Å². The van der Waals surface area contributed by atoms with Crippen LogP contribution in [0.3, 0.4) is 0 Å². The number of carboxylic acid groups (broad SMARTS) is 1. The van der Waals surface area contributed by atoms with Crippen LogP contribution in [0.25, 0.3) is 0 Å². The Labute approximate surface area is 109 Å². The first kappa shape index (κ1) is 15.2. The summed E-state index contributed by atoms with van der Waals surface area (Å²) in [7, 11) is 0. The molecular weight excluding hydrogens is 291 g/mol. The van der Waals surface area contributed by atoms with E-state index in [1.165, 1.54) is 5.32 Å². The highest BCUT2D eigenvalue weighted by molar-refractivity contribution is 6.29. The first-order chi connectivity index (χ1) is 8.58. The zero-order valence-corrected chi connectivity index (χ0v) is 10.1. The van der Waals surface area contributed by atoms with Gasteiger partial charge < -0.3 is 10.4 Å². The number of amides is 1. The number of carboxylic acids is 1. The summed E-state index contributed by atoms with van der Waals surface area (Å²) in [5.41, 5.74) is -3.91. The maximum atomic E-state index is 12.6. The van der Waals surface area contributed by atoms with Gasteiger partial charge in [0.15, 0.2) is 10.8 Å². The van der Waals surface area contributed by atoms with Gasteiger partial charge >= 0.3 is 12.1 Å². The van der Waals surface area contributed by atoms with Gasteiger partial charge in [-0.1, -0.05) is 11.6 Å². The zero-order chi connectivity index (χ0) is 14.8. The fourth-order valence-corrected chi connectivity index (χ4v) is 1.07. The van der Waals surface area contributed by atoms with E-state index < -0.39 is 29.3 Å². The van der Waals surface area contributed by atoms with Crippen LogP contribution in [0, 0.1) is 0 Å². The number of hydrogen-bond acceptors (Lipinski definition) is 4. The summed E-state index contributed by atoms with van der Waals surface area (Å²) in [6.45, 7) is 0.330. The van der Waals surface area contributed by atoms with Crippen LogP contribution in [-0.4, -0.2) is 38.9 Å². The molecule has 1 amide bonds. The molecule has 0 fully saturated rings. The van der Waals surface area contributed by atoms with Crippen LogP contribution in [0.5, 0.6) is 0 Å². The van der Waals surface area contributed by atoms with Crippen molar-refractivity contribution in [2.24, 2.45) is 0 Å². The zero-order valence-electron chi connectivity index (χ0n) is 9.32. The molecule has 104 valence electrons. The van der Waals surface area contributed by atoms with Crippen LogP contribution in [0.15, 0.2) is 12.1 Å². The van der Waals surface area contributed by atoms with Gasteiger partial charge in [0, 0.05) is 0 Å². The summed E-state index contributed by atoms with van der Waals surface area (Å²) in [4.78, 5) is 22.2. The fourth-order valence-electron chi connectivity index (χ4n) is 0.974. The topological polar surface area (TPSA) is 92.2 Å². The summed E-state index contributed by atoms with van der Waals surface area (Å²) >= 11 is 5.39. The molecule has 19 heavy (non-hydrogen) atoms. The Morgan fingerprint density at radius 3 is 2.26 bits per heavy atom. The minimum atomic E-state index is -5.17. The van der Waals surface area contributed by atoms with Crippen molar-refractivity contribution in [1.29, 1.82) is 0 Å². The fraction of sp³-hybridized carbons (Fsp3) is 0.333. The lowest BCUT2D eigenvalue weighted by molar-refractivity contribution is -0.203. The van der Waals surface area contributed by atoms with Gasteiger partial charge in [-0.2, -0.15) is 13.2 Å². The Bertz CT molecular complexity index is 506. The molecule has 1 aromatic rings. The van der Waals surface area contributed by atoms with Gasteiger partial charge in [-0.3, -0.25) is 4.79 Å². The lowest BCUT2D eigenvalue weighted by Gasteiger charge is -2.28. The Hall–Kier alpha value is -1.90. The second-order valence-corrected chi connectivity index (χ2v) is 4.01. The molecule has 1 aromatic heterocycles. The van der Waals surface area contributed by atoms with Gasteiger partial charge in [0.25, 0.3) is 5.91 Å². The molecule has 0 saturated heterocycles. The average Bonchev–Trinajstić information content (AvgIpc) is 2.27. The molecule has 0 spiro atoms. The number of carbonyl (C=O) groups excluding carboxylic acids is 1. The van der Waals surface area contributed by atoms with Crippen molar-refractivity contribution < 1.29 is 27.9 Å². The quantitative estimate of drug-likeness (QED) is 0.876. The van der Waals surface area contributed by atoms with Gasteiger partial charge in [-0.15, -0.1) is 10.2 Å². The van der Waals surface area contributed by atoms with E-state index in [1.807, 2.05) is 0 Å². The molecule has 0 radical (unpaired) electrons. The third-order valence-corrected chi connectivity index (χ3v) is 2.42. The number of nitrogens with zero attached hydrogens (tertiary/aromatic N) is 2. The second kappa shape index (κ2) is 5.00. The molecule has 6 nitrogen and oxygen atoms in total. The third-order valence-electron chi connectivity index (χ3n) is 2.22. The summed E-state index contributed by atoms with van der Waals surface area (Å²) < 4.78 is 37.9. The number of carbonyl (C=O) groups is 2. The van der Waals surface area contributed by atoms with Crippen LogP contribution in [-0.2, 0) is 4.79 Å². The number of halogens is 4. The molecule has 1 heterocycles. The molecule has 10 heteroatoms. The normalized spacial score (nSPS) is 14.6. The van der Waals surface area contributed by atoms with Crippen molar-refractivity contribution in [2.45, 2.75) is 18.6 Å². The van der Waals surface area contributed by atoms with E-state index in [-0.39, 0.29) is 5.15 Å². The number of alkyl halides is 3. The van der Waals surface area contributed by atoms with E-state index in [0.29, 0.717) is 6.92 Å². The number of rotatable bonds is 3. The summed E-state index contributed by atoms with van der Waals surface area (Å²) in [5, 5.41) is 16.4. The molecule has 1 unspecified atom stereocenters. The van der Waals surface area contributed by atoms with Gasteiger partial charge in [0.1, 0.15) is 0 Å². The highest BCUT2D eigenvalue weighted by Crippen LogP contribution is 2.30. The highest BCUT2D eigenvalue weighted by Gasteiger charge is 2.58. The first-order valence-electron chi connectivity index (χ1n) is 4.70. The summed E-state index contributed by atoms with van der Waals surface area (Å²) in [6.07, 6.45) is -5.17. The van der Waals surface area contributed by atoms with Crippen LogP contribution in [0.1, 0.15) is 17.4 Å². The molecule has 0 aliphatic rings. The molecule has 0 aromatic carbocycles. The summed E-state index contributed by atoms with van der Waals surface area (Å²) in [5.74, 6) is -3.57. The number of aliphatic carboxylic acids is 1. The molecule has 0 bridgehead atoms. The van der Waals surface area contributed by atoms with Crippen molar-refractivity contribution in [3.05, 3.63) is 23.0 Å². The molecule has 0 aliphatic heterocycles. The number of aromatic nitrogens is 2. The number of hydrogen-bond donors (Lipinski definition) is 2. The molecule has 0 aliphatic carbocycles. The molecular formula is C9H7ClF3N3O3. The maximum Gasteiger partial charge on any atom is 0.422 e. The lowest BCUT2D eigenvalue weighted by Crippen LogP contribution is -2.62. The van der Waals surface area contributed by atoms with Gasteiger partial charge in [0.2, 0.25) is 5.54 Å². The predicted molar refractivity (Wildman–Crippen MR) is 56.6 cm³/mol. The van der Waals surface area contributed by atoms with Crippen molar-refractivity contribution in [1.82, 2.24) is 15.5 Å². The van der Waals surface area contributed by atoms with E-state index in [2.05, 4.69) is 10.2 Å². The van der Waals surface area contributed by atoms with Crippen LogP contribution >= 0.6 is 11.6 Å². The standard InChI is InChI=1S/C9H7ClF3N3O3/c1-8(7(18)19,9(11,12)13)14-6(17)4-2-3-5(10)16-15-4/h2-3H,1H3,(H,14,17)(H,18,19). The number of nitrogens with one attached hydrogen (secondary N) is 1. The SMILES string of the molecule is CC(NC(=O)c1ccc(Cl)nn1)(C(=O)O)C(F)(F)F. The van der Waals surface area contributed by atoms with E-state index >= 15 is 0 Å². The summed E-state index contributed by atoms with van der Waals surface area (Å²) in [6, 6.07) is 2.15. The van der Waals surface area contributed by atoms with Crippen LogP contribution in [0.4, 0.5) is 13.2 Å². The van der Waals surface area contributed by atoms with E-state index in [9.17, 15) is 22.8 Å². The molecule has 1 atom stereocenters.